The summed E-state index contributed by atoms with van der Waals surface area (Å²) in [4.78, 5) is 3.93. The van der Waals surface area contributed by atoms with E-state index in [1.165, 1.54) is 12.1 Å². The number of benzene rings is 1. The van der Waals surface area contributed by atoms with Gasteiger partial charge in [-0.3, -0.25) is 0 Å². The predicted octanol–water partition coefficient (Wildman–Crippen LogP) is 1.63. The van der Waals surface area contributed by atoms with Gasteiger partial charge in [-0.25, -0.2) is 0 Å². The van der Waals surface area contributed by atoms with Gasteiger partial charge in [-0.15, -0.1) is 13.2 Å². The van der Waals surface area contributed by atoms with E-state index >= 15 is 0 Å². The smallest absolute Gasteiger partial charge is 0.406 e. The first kappa shape index (κ1) is 14.3. The molecule has 0 unspecified atom stereocenters. The molecule has 6 nitrogen and oxygen atoms in total. The molecular weight excluding hydrogens is 279 g/mol. The molecule has 0 bridgehead atoms. The van der Waals surface area contributed by atoms with Crippen molar-refractivity contribution in [3.8, 4) is 17.2 Å². The van der Waals surface area contributed by atoms with Crippen molar-refractivity contribution in [2.75, 3.05) is 6.61 Å². The topological polar surface area (TPSA) is 94.4 Å². The molecule has 3 N–H and O–H groups in total. The van der Waals surface area contributed by atoms with Crippen LogP contribution in [0.3, 0.4) is 0 Å². The summed E-state index contributed by atoms with van der Waals surface area (Å²) in [6.07, 6.45) is -4.74. The molecule has 2 rings (SSSR count). The third-order valence-corrected chi connectivity index (χ3v) is 2.30. The summed E-state index contributed by atoms with van der Waals surface area (Å²) < 4.78 is 44.6. The zero-order chi connectivity index (χ0) is 14.8. The van der Waals surface area contributed by atoms with E-state index in [0.717, 1.165) is 12.1 Å². The van der Waals surface area contributed by atoms with Crippen molar-refractivity contribution in [2.24, 2.45) is 5.73 Å². The summed E-state index contributed by atoms with van der Waals surface area (Å²) in [5.41, 5.74) is 5.91. The van der Waals surface area contributed by atoms with Gasteiger partial charge in [-0.2, -0.15) is 4.98 Å². The molecule has 0 amide bonds. The van der Waals surface area contributed by atoms with Crippen molar-refractivity contribution < 1.29 is 27.5 Å². The van der Waals surface area contributed by atoms with E-state index in [2.05, 4.69) is 14.9 Å². The molecule has 2 aromatic rings. The highest BCUT2D eigenvalue weighted by atomic mass is 19.4. The normalized spacial score (nSPS) is 13.2. The number of alkyl halides is 3. The number of rotatable bonds is 4. The second-order valence-electron chi connectivity index (χ2n) is 3.82. The van der Waals surface area contributed by atoms with Gasteiger partial charge >= 0.3 is 6.36 Å². The van der Waals surface area contributed by atoms with Crippen LogP contribution < -0.4 is 10.5 Å². The molecule has 0 aliphatic rings. The summed E-state index contributed by atoms with van der Waals surface area (Å²) >= 11 is 0. The van der Waals surface area contributed by atoms with Crippen LogP contribution in [0, 0.1) is 0 Å². The van der Waals surface area contributed by atoms with E-state index in [9.17, 15) is 13.2 Å². The van der Waals surface area contributed by atoms with Crippen LogP contribution in [0.15, 0.2) is 28.8 Å². The molecule has 20 heavy (non-hydrogen) atoms. The number of nitrogens with zero attached hydrogens (tertiary/aromatic N) is 2. The minimum atomic E-state index is -4.74. The average Bonchev–Trinajstić information content (AvgIpc) is 2.86. The number of aliphatic hydroxyl groups is 1. The molecule has 0 fully saturated rings. The van der Waals surface area contributed by atoms with Crippen molar-refractivity contribution in [2.45, 2.75) is 12.4 Å². The maximum atomic E-state index is 12.0. The van der Waals surface area contributed by atoms with Crippen LogP contribution in [0.1, 0.15) is 11.9 Å². The summed E-state index contributed by atoms with van der Waals surface area (Å²) in [6, 6.07) is 4.14. The molecule has 0 aliphatic heterocycles. The molecular formula is C11H10F3N3O3. The van der Waals surface area contributed by atoms with E-state index in [0.29, 0.717) is 5.56 Å². The quantitative estimate of drug-likeness (QED) is 0.888. The Morgan fingerprint density at radius 2 is 1.95 bits per heavy atom. The van der Waals surface area contributed by atoms with Crippen LogP contribution in [-0.2, 0) is 0 Å². The van der Waals surface area contributed by atoms with Gasteiger partial charge in [0, 0.05) is 5.56 Å². The Kier molecular flexibility index (Phi) is 3.91. The van der Waals surface area contributed by atoms with Crippen LogP contribution in [0.4, 0.5) is 13.2 Å². The Balaban J connectivity index is 2.15. The minimum Gasteiger partial charge on any atom is -0.406 e. The second kappa shape index (κ2) is 5.47. The first-order chi connectivity index (χ1) is 9.39. The molecule has 0 spiro atoms. The average molecular weight is 289 g/mol. The van der Waals surface area contributed by atoms with Gasteiger partial charge in [0.25, 0.3) is 5.89 Å². The van der Waals surface area contributed by atoms with Gasteiger partial charge in [-0.05, 0) is 24.3 Å². The lowest BCUT2D eigenvalue weighted by atomic mass is 10.2. The van der Waals surface area contributed by atoms with Gasteiger partial charge in [0.1, 0.15) is 5.75 Å². The van der Waals surface area contributed by atoms with Gasteiger partial charge in [0.15, 0.2) is 5.82 Å². The monoisotopic (exact) mass is 289 g/mol. The largest absolute Gasteiger partial charge is 0.573 e. The first-order valence-electron chi connectivity index (χ1n) is 5.45. The summed E-state index contributed by atoms with van der Waals surface area (Å²) in [5.74, 6) is -0.159. The maximum absolute atomic E-state index is 12.0. The van der Waals surface area contributed by atoms with Crippen molar-refractivity contribution >= 4 is 0 Å². The number of nitrogens with two attached hydrogens (primary N) is 1. The Hall–Kier alpha value is -2.13. The molecule has 9 heteroatoms. The molecule has 1 atom stereocenters. The standard InChI is InChI=1S/C11H10F3N3O3/c12-11(13,14)19-7-3-1-6(2-4-7)10-16-9(17-20-10)8(15)5-18/h1-4,8,18H,5,15H2/t8-/m0/s1. The summed E-state index contributed by atoms with van der Waals surface area (Å²) in [5, 5.41) is 12.4. The third kappa shape index (κ3) is 3.45. The molecule has 1 heterocycles. The minimum absolute atomic E-state index is 0.0856. The highest BCUT2D eigenvalue weighted by Gasteiger charge is 2.31. The van der Waals surface area contributed by atoms with Crippen LogP contribution in [0.5, 0.6) is 5.75 Å². The Morgan fingerprint density at radius 1 is 1.30 bits per heavy atom. The summed E-state index contributed by atoms with van der Waals surface area (Å²) in [6.45, 7) is -0.350. The SMILES string of the molecule is N[C@@H](CO)c1noc(-c2ccc(OC(F)(F)F)cc2)n1. The lowest BCUT2D eigenvalue weighted by Crippen LogP contribution is -2.16. The van der Waals surface area contributed by atoms with Crippen LogP contribution >= 0.6 is 0 Å². The van der Waals surface area contributed by atoms with E-state index in [1.54, 1.807) is 0 Å². The summed E-state index contributed by atoms with van der Waals surface area (Å²) in [7, 11) is 0. The predicted molar refractivity (Wildman–Crippen MR) is 60.4 cm³/mol. The number of aliphatic hydroxyl groups excluding tert-OH is 1. The molecule has 0 saturated heterocycles. The fourth-order valence-electron chi connectivity index (χ4n) is 1.38. The van der Waals surface area contributed by atoms with E-state index in [4.69, 9.17) is 15.4 Å². The van der Waals surface area contributed by atoms with E-state index < -0.39 is 12.4 Å². The van der Waals surface area contributed by atoms with Crippen molar-refractivity contribution in [3.05, 3.63) is 30.1 Å². The van der Waals surface area contributed by atoms with Gasteiger partial charge < -0.3 is 20.1 Å². The third-order valence-electron chi connectivity index (χ3n) is 2.30. The van der Waals surface area contributed by atoms with Gasteiger partial charge in [-0.1, -0.05) is 5.16 Å². The molecule has 0 radical (unpaired) electrons. The highest BCUT2D eigenvalue weighted by Crippen LogP contribution is 2.26. The van der Waals surface area contributed by atoms with Crippen LogP contribution in [-0.4, -0.2) is 28.2 Å². The Morgan fingerprint density at radius 3 is 2.50 bits per heavy atom. The zero-order valence-corrected chi connectivity index (χ0v) is 9.96. The fraction of sp³-hybridized carbons (Fsp3) is 0.273. The van der Waals surface area contributed by atoms with E-state index in [-0.39, 0.29) is 24.1 Å². The first-order valence-corrected chi connectivity index (χ1v) is 5.45. The lowest BCUT2D eigenvalue weighted by molar-refractivity contribution is -0.274. The second-order valence-corrected chi connectivity index (χ2v) is 3.82. The molecule has 0 saturated carbocycles. The van der Waals surface area contributed by atoms with Crippen molar-refractivity contribution in [1.29, 1.82) is 0 Å². The van der Waals surface area contributed by atoms with Gasteiger partial charge in [0.05, 0.1) is 12.6 Å². The number of halogens is 3. The highest BCUT2D eigenvalue weighted by molar-refractivity contribution is 5.54. The fourth-order valence-corrected chi connectivity index (χ4v) is 1.38. The van der Waals surface area contributed by atoms with Crippen LogP contribution in [0.2, 0.25) is 0 Å². The van der Waals surface area contributed by atoms with E-state index in [1.807, 2.05) is 0 Å². The Bertz CT molecular complexity index is 568. The maximum Gasteiger partial charge on any atom is 0.573 e. The van der Waals surface area contributed by atoms with Crippen LogP contribution in [0.25, 0.3) is 11.5 Å². The molecule has 1 aromatic heterocycles. The molecule has 1 aromatic carbocycles. The Labute approximate surface area is 111 Å². The van der Waals surface area contributed by atoms with Gasteiger partial charge in [0.2, 0.25) is 0 Å². The number of aromatic nitrogens is 2. The molecule has 108 valence electrons. The molecule has 0 aliphatic carbocycles. The van der Waals surface area contributed by atoms with Crippen molar-refractivity contribution in [3.63, 3.8) is 0 Å². The number of ether oxygens (including phenoxy) is 1. The zero-order valence-electron chi connectivity index (χ0n) is 9.96. The number of hydrogen-bond acceptors (Lipinski definition) is 6. The van der Waals surface area contributed by atoms with Crippen molar-refractivity contribution in [1.82, 2.24) is 10.1 Å². The number of hydrogen-bond donors (Lipinski definition) is 2. The lowest BCUT2D eigenvalue weighted by Gasteiger charge is -2.08.